The third-order valence-corrected chi connectivity index (χ3v) is 5.74. The SMILES string of the molecule is Cc1sc2nc(CCC(=O)N(C)C3CCNC3)[nH]c(=O)c2c1C.Cl. The molecule has 1 unspecified atom stereocenters. The van der Waals surface area contributed by atoms with Gasteiger partial charge in [-0.3, -0.25) is 9.59 Å². The maximum Gasteiger partial charge on any atom is 0.259 e. The van der Waals surface area contributed by atoms with Crippen molar-refractivity contribution < 1.29 is 4.79 Å². The fourth-order valence-electron chi connectivity index (χ4n) is 2.99. The number of aromatic amines is 1. The molecule has 8 heteroatoms. The molecule has 3 rings (SSSR count). The Morgan fingerprint density at radius 2 is 2.17 bits per heavy atom. The van der Waals surface area contributed by atoms with Gasteiger partial charge in [0.2, 0.25) is 5.91 Å². The number of rotatable bonds is 4. The number of aromatic nitrogens is 2. The molecule has 0 saturated carbocycles. The highest BCUT2D eigenvalue weighted by atomic mass is 35.5. The van der Waals surface area contributed by atoms with Gasteiger partial charge in [-0.05, 0) is 32.4 Å². The molecule has 1 saturated heterocycles. The van der Waals surface area contributed by atoms with Gasteiger partial charge in [0.15, 0.2) is 0 Å². The van der Waals surface area contributed by atoms with Crippen LogP contribution >= 0.6 is 23.7 Å². The van der Waals surface area contributed by atoms with Crippen molar-refractivity contribution >= 4 is 39.9 Å². The van der Waals surface area contributed by atoms with E-state index in [-0.39, 0.29) is 29.9 Å². The first-order valence-corrected chi connectivity index (χ1v) is 8.74. The molecule has 2 N–H and O–H groups in total. The maximum atomic E-state index is 12.3. The fourth-order valence-corrected chi connectivity index (χ4v) is 4.04. The third-order valence-electron chi connectivity index (χ3n) is 4.64. The number of amides is 1. The molecule has 1 aliphatic heterocycles. The van der Waals surface area contributed by atoms with E-state index >= 15 is 0 Å². The summed E-state index contributed by atoms with van der Waals surface area (Å²) < 4.78 is 0. The van der Waals surface area contributed by atoms with Crippen LogP contribution in [0.5, 0.6) is 0 Å². The lowest BCUT2D eigenvalue weighted by molar-refractivity contribution is -0.131. The third kappa shape index (κ3) is 3.63. The van der Waals surface area contributed by atoms with Gasteiger partial charge in [-0.1, -0.05) is 0 Å². The number of hydrogen-bond acceptors (Lipinski definition) is 5. The van der Waals surface area contributed by atoms with Crippen molar-refractivity contribution in [2.24, 2.45) is 0 Å². The van der Waals surface area contributed by atoms with Gasteiger partial charge in [-0.25, -0.2) is 4.98 Å². The van der Waals surface area contributed by atoms with E-state index in [1.165, 1.54) is 11.3 Å². The van der Waals surface area contributed by atoms with Crippen molar-refractivity contribution in [3.8, 4) is 0 Å². The number of nitrogens with one attached hydrogen (secondary N) is 2. The normalized spacial score (nSPS) is 17.0. The molecular formula is C16H23ClN4O2S. The van der Waals surface area contributed by atoms with Gasteiger partial charge in [-0.15, -0.1) is 23.7 Å². The standard InChI is InChI=1S/C16H22N4O2S.ClH/c1-9-10(2)23-16-14(9)15(22)18-12(19-16)4-5-13(21)20(3)11-6-7-17-8-11;/h11,17H,4-8H2,1-3H3,(H,18,19,22);1H. The molecule has 0 bridgehead atoms. The molecule has 1 fully saturated rings. The van der Waals surface area contributed by atoms with Gasteiger partial charge in [0.05, 0.1) is 5.39 Å². The summed E-state index contributed by atoms with van der Waals surface area (Å²) in [6, 6.07) is 0.277. The summed E-state index contributed by atoms with van der Waals surface area (Å²) in [4.78, 5) is 35.6. The zero-order valence-corrected chi connectivity index (χ0v) is 15.8. The van der Waals surface area contributed by atoms with Crippen molar-refractivity contribution in [1.29, 1.82) is 0 Å². The minimum Gasteiger partial charge on any atom is -0.341 e. The van der Waals surface area contributed by atoms with Crippen molar-refractivity contribution in [1.82, 2.24) is 20.2 Å². The van der Waals surface area contributed by atoms with Crippen LogP contribution in [0.25, 0.3) is 10.2 Å². The molecule has 132 valence electrons. The number of carbonyl (C=O) groups is 1. The molecule has 0 aliphatic carbocycles. The Balaban J connectivity index is 0.00000208. The Morgan fingerprint density at radius 3 is 2.83 bits per heavy atom. The van der Waals surface area contributed by atoms with E-state index in [9.17, 15) is 9.59 Å². The van der Waals surface area contributed by atoms with Crippen LogP contribution in [0.1, 0.15) is 29.1 Å². The Kier molecular flexibility index (Phi) is 6.01. The van der Waals surface area contributed by atoms with Crippen molar-refractivity contribution in [3.63, 3.8) is 0 Å². The molecule has 1 amide bonds. The number of fused-ring (bicyclic) bond motifs is 1. The molecule has 24 heavy (non-hydrogen) atoms. The molecule has 6 nitrogen and oxygen atoms in total. The smallest absolute Gasteiger partial charge is 0.259 e. The minimum atomic E-state index is -0.104. The zero-order chi connectivity index (χ0) is 16.6. The van der Waals surface area contributed by atoms with E-state index in [1.807, 2.05) is 25.8 Å². The van der Waals surface area contributed by atoms with Gasteiger partial charge in [0.1, 0.15) is 10.7 Å². The topological polar surface area (TPSA) is 78.1 Å². The van der Waals surface area contributed by atoms with E-state index < -0.39 is 0 Å². The average Bonchev–Trinajstić information content (AvgIpc) is 3.13. The largest absolute Gasteiger partial charge is 0.341 e. The average molecular weight is 371 g/mol. The molecule has 2 aromatic rings. The first-order valence-electron chi connectivity index (χ1n) is 7.92. The van der Waals surface area contributed by atoms with E-state index in [0.29, 0.717) is 24.1 Å². The first kappa shape index (κ1) is 18.9. The number of nitrogens with zero attached hydrogens (tertiary/aromatic N) is 2. The van der Waals surface area contributed by atoms with Crippen LogP contribution in [0.3, 0.4) is 0 Å². The van der Waals surface area contributed by atoms with Gasteiger partial charge >= 0.3 is 0 Å². The molecule has 3 heterocycles. The van der Waals surface area contributed by atoms with Crippen molar-refractivity contribution in [2.75, 3.05) is 20.1 Å². The predicted octanol–water partition coefficient (Wildman–Crippen LogP) is 1.78. The van der Waals surface area contributed by atoms with Crippen LogP contribution < -0.4 is 10.9 Å². The van der Waals surface area contributed by atoms with Gasteiger partial charge in [-0.2, -0.15) is 0 Å². The van der Waals surface area contributed by atoms with Crippen molar-refractivity contribution in [3.05, 3.63) is 26.6 Å². The Morgan fingerprint density at radius 1 is 1.42 bits per heavy atom. The maximum absolute atomic E-state index is 12.3. The quantitative estimate of drug-likeness (QED) is 0.859. The summed E-state index contributed by atoms with van der Waals surface area (Å²) in [7, 11) is 1.85. The zero-order valence-electron chi connectivity index (χ0n) is 14.1. The molecule has 2 aromatic heterocycles. The number of thiophene rings is 1. The first-order chi connectivity index (χ1) is 11.0. The summed E-state index contributed by atoms with van der Waals surface area (Å²) >= 11 is 1.53. The summed E-state index contributed by atoms with van der Waals surface area (Å²) in [5, 5.41) is 3.94. The Hall–Kier alpha value is -1.44. The van der Waals surface area contributed by atoms with Crippen molar-refractivity contribution in [2.45, 2.75) is 39.2 Å². The number of H-pyrrole nitrogens is 1. The highest BCUT2D eigenvalue weighted by Gasteiger charge is 2.23. The fraction of sp³-hybridized carbons (Fsp3) is 0.562. The summed E-state index contributed by atoms with van der Waals surface area (Å²) in [6.07, 6.45) is 1.83. The predicted molar refractivity (Wildman–Crippen MR) is 99.3 cm³/mol. The molecule has 0 radical (unpaired) electrons. The van der Waals surface area contributed by atoms with Crippen LogP contribution in [-0.2, 0) is 11.2 Å². The van der Waals surface area contributed by atoms with E-state index in [0.717, 1.165) is 34.8 Å². The number of aryl methyl sites for hydroxylation is 3. The Bertz CT molecular complexity index is 795. The summed E-state index contributed by atoms with van der Waals surface area (Å²) in [6.45, 7) is 5.76. The lowest BCUT2D eigenvalue weighted by Gasteiger charge is -2.23. The van der Waals surface area contributed by atoms with Crippen LogP contribution in [0.15, 0.2) is 4.79 Å². The molecule has 0 aromatic carbocycles. The highest BCUT2D eigenvalue weighted by Crippen LogP contribution is 2.25. The highest BCUT2D eigenvalue weighted by molar-refractivity contribution is 7.18. The van der Waals surface area contributed by atoms with Crippen LogP contribution in [0, 0.1) is 13.8 Å². The minimum absolute atomic E-state index is 0. The second-order valence-electron chi connectivity index (χ2n) is 6.13. The van der Waals surface area contributed by atoms with Crippen LogP contribution in [-0.4, -0.2) is 47.0 Å². The second kappa shape index (κ2) is 7.63. The lowest BCUT2D eigenvalue weighted by Crippen LogP contribution is -2.38. The Labute approximate surface area is 151 Å². The molecule has 1 aliphatic rings. The number of halogens is 1. The van der Waals surface area contributed by atoms with E-state index in [2.05, 4.69) is 15.3 Å². The van der Waals surface area contributed by atoms with Gasteiger partial charge in [0, 0.05) is 37.4 Å². The molecule has 0 spiro atoms. The monoisotopic (exact) mass is 370 g/mol. The van der Waals surface area contributed by atoms with E-state index in [4.69, 9.17) is 0 Å². The summed E-state index contributed by atoms with van der Waals surface area (Å²) in [5.74, 6) is 0.690. The second-order valence-corrected chi connectivity index (χ2v) is 7.33. The molecule has 1 atom stereocenters. The van der Waals surface area contributed by atoms with Crippen LogP contribution in [0.2, 0.25) is 0 Å². The molecular weight excluding hydrogens is 348 g/mol. The van der Waals surface area contributed by atoms with Gasteiger partial charge < -0.3 is 15.2 Å². The lowest BCUT2D eigenvalue weighted by atomic mass is 10.2. The number of hydrogen-bond donors (Lipinski definition) is 2. The van der Waals surface area contributed by atoms with E-state index in [1.54, 1.807) is 0 Å². The van der Waals surface area contributed by atoms with Gasteiger partial charge in [0.25, 0.3) is 5.56 Å². The van der Waals surface area contributed by atoms with Crippen LogP contribution in [0.4, 0.5) is 0 Å². The summed E-state index contributed by atoms with van der Waals surface area (Å²) in [5.41, 5.74) is 0.891. The number of carbonyl (C=O) groups excluding carboxylic acids is 1. The number of likely N-dealkylation sites (N-methyl/N-ethyl adjacent to an activating group) is 1.